The third-order valence-corrected chi connectivity index (χ3v) is 3.40. The molecule has 2 N–H and O–H groups in total. The number of anilines is 1. The van der Waals surface area contributed by atoms with Gasteiger partial charge >= 0.3 is 5.97 Å². The van der Waals surface area contributed by atoms with E-state index in [1.165, 1.54) is 17.4 Å². The number of hydrogen-bond acceptors (Lipinski definition) is 4. The maximum absolute atomic E-state index is 13.9. The first-order chi connectivity index (χ1) is 9.29. The predicted molar refractivity (Wildman–Crippen MR) is 79.3 cm³/mol. The topological polar surface area (TPSA) is 52.3 Å². The average molecular weight is 293 g/mol. The molecule has 0 saturated heterocycles. The molecule has 3 nitrogen and oxygen atoms in total. The zero-order valence-corrected chi connectivity index (χ0v) is 12.4. The van der Waals surface area contributed by atoms with Gasteiger partial charge in [0.05, 0.1) is 0 Å². The number of nitrogens with two attached hydrogens (primary N) is 1. The van der Waals surface area contributed by atoms with Crippen LogP contribution < -0.4 is 5.73 Å². The second-order valence-electron chi connectivity index (χ2n) is 5.37. The fourth-order valence-corrected chi connectivity index (χ4v) is 2.59. The van der Waals surface area contributed by atoms with Crippen molar-refractivity contribution in [1.29, 1.82) is 0 Å². The van der Waals surface area contributed by atoms with Gasteiger partial charge in [0.2, 0.25) is 0 Å². The summed E-state index contributed by atoms with van der Waals surface area (Å²) in [7, 11) is 0. The third-order valence-electron chi connectivity index (χ3n) is 2.59. The molecule has 2 aromatic rings. The Labute approximate surface area is 121 Å². The minimum Gasteiger partial charge on any atom is -0.456 e. The van der Waals surface area contributed by atoms with Gasteiger partial charge in [-0.3, -0.25) is 0 Å². The third kappa shape index (κ3) is 2.99. The van der Waals surface area contributed by atoms with Crippen LogP contribution in [-0.2, 0) is 4.74 Å². The normalized spacial score (nSPS) is 11.4. The second kappa shape index (κ2) is 5.25. The molecule has 106 valence electrons. The van der Waals surface area contributed by atoms with Gasteiger partial charge in [-0.1, -0.05) is 18.2 Å². The predicted octanol–water partition coefficient (Wildman–Crippen LogP) is 4.09. The van der Waals surface area contributed by atoms with Crippen molar-refractivity contribution in [2.75, 3.05) is 5.73 Å². The quantitative estimate of drug-likeness (QED) is 0.848. The molecule has 0 amide bonds. The molecular weight excluding hydrogens is 277 g/mol. The van der Waals surface area contributed by atoms with E-state index < -0.39 is 17.4 Å². The van der Waals surface area contributed by atoms with Gasteiger partial charge in [-0.15, -0.1) is 11.3 Å². The van der Waals surface area contributed by atoms with Crippen LogP contribution in [0.4, 0.5) is 9.39 Å². The average Bonchev–Trinajstić information content (AvgIpc) is 2.69. The molecule has 0 aliphatic heterocycles. The van der Waals surface area contributed by atoms with Crippen LogP contribution in [0, 0.1) is 5.82 Å². The van der Waals surface area contributed by atoms with Crippen LogP contribution in [0.15, 0.2) is 29.6 Å². The van der Waals surface area contributed by atoms with Gasteiger partial charge < -0.3 is 10.5 Å². The standard InChI is InChI=1S/C15H16FNO2S/c1-15(2,3)19-14(18)12-10(8-20-13(12)17)9-6-4-5-7-11(9)16/h4-8H,17H2,1-3H3. The van der Waals surface area contributed by atoms with E-state index in [0.29, 0.717) is 16.1 Å². The summed E-state index contributed by atoms with van der Waals surface area (Å²) in [5.41, 5.74) is 6.27. The van der Waals surface area contributed by atoms with Gasteiger partial charge in [0.1, 0.15) is 22.0 Å². The highest BCUT2D eigenvalue weighted by molar-refractivity contribution is 7.14. The molecule has 0 spiro atoms. The number of esters is 1. The molecule has 1 aromatic heterocycles. The zero-order chi connectivity index (χ0) is 14.9. The van der Waals surface area contributed by atoms with Crippen LogP contribution in [-0.4, -0.2) is 11.6 Å². The molecule has 0 bridgehead atoms. The lowest BCUT2D eigenvalue weighted by molar-refractivity contribution is 0.00722. The van der Waals surface area contributed by atoms with Crippen molar-refractivity contribution in [3.63, 3.8) is 0 Å². The van der Waals surface area contributed by atoms with Crippen molar-refractivity contribution in [2.24, 2.45) is 0 Å². The number of halogens is 1. The van der Waals surface area contributed by atoms with Crippen LogP contribution in [0.5, 0.6) is 0 Å². The molecule has 1 heterocycles. The monoisotopic (exact) mass is 293 g/mol. The van der Waals surface area contributed by atoms with E-state index in [1.54, 1.807) is 44.4 Å². The van der Waals surface area contributed by atoms with Crippen molar-refractivity contribution < 1.29 is 13.9 Å². The molecule has 0 fully saturated rings. The van der Waals surface area contributed by atoms with Crippen molar-refractivity contribution in [1.82, 2.24) is 0 Å². The summed E-state index contributed by atoms with van der Waals surface area (Å²) < 4.78 is 19.2. The summed E-state index contributed by atoms with van der Waals surface area (Å²) in [4.78, 5) is 12.2. The Balaban J connectivity index is 2.48. The molecule has 0 saturated carbocycles. The Bertz CT molecular complexity index is 644. The Kier molecular flexibility index (Phi) is 3.81. The van der Waals surface area contributed by atoms with Crippen LogP contribution >= 0.6 is 11.3 Å². The summed E-state index contributed by atoms with van der Waals surface area (Å²) in [5, 5.41) is 2.00. The largest absolute Gasteiger partial charge is 0.456 e. The van der Waals surface area contributed by atoms with Crippen molar-refractivity contribution >= 4 is 22.3 Å². The number of rotatable bonds is 2. The summed E-state index contributed by atoms with van der Waals surface area (Å²) in [6, 6.07) is 6.28. The number of nitrogen functional groups attached to an aromatic ring is 1. The van der Waals surface area contributed by atoms with Gasteiger partial charge in [0.15, 0.2) is 0 Å². The number of ether oxygens (including phenoxy) is 1. The first-order valence-corrected chi connectivity index (χ1v) is 7.03. The molecule has 0 radical (unpaired) electrons. The fourth-order valence-electron chi connectivity index (χ4n) is 1.79. The summed E-state index contributed by atoms with van der Waals surface area (Å²) in [6.07, 6.45) is 0. The molecule has 20 heavy (non-hydrogen) atoms. The Hall–Kier alpha value is -1.88. The van der Waals surface area contributed by atoms with Crippen LogP contribution in [0.3, 0.4) is 0 Å². The van der Waals surface area contributed by atoms with Gasteiger partial charge in [0.25, 0.3) is 0 Å². The van der Waals surface area contributed by atoms with E-state index in [2.05, 4.69) is 0 Å². The van der Waals surface area contributed by atoms with E-state index in [1.807, 2.05) is 0 Å². The van der Waals surface area contributed by atoms with Gasteiger partial charge in [-0.2, -0.15) is 0 Å². The zero-order valence-electron chi connectivity index (χ0n) is 11.6. The van der Waals surface area contributed by atoms with Gasteiger partial charge in [-0.25, -0.2) is 9.18 Å². The number of thiophene rings is 1. The molecule has 0 unspecified atom stereocenters. The lowest BCUT2D eigenvalue weighted by atomic mass is 10.0. The van der Waals surface area contributed by atoms with Gasteiger partial charge in [0, 0.05) is 16.5 Å². The van der Waals surface area contributed by atoms with Crippen molar-refractivity contribution in [3.8, 4) is 11.1 Å². The van der Waals surface area contributed by atoms with Crippen molar-refractivity contribution in [3.05, 3.63) is 41.0 Å². The van der Waals surface area contributed by atoms with E-state index in [-0.39, 0.29) is 5.56 Å². The van der Waals surface area contributed by atoms with E-state index in [4.69, 9.17) is 10.5 Å². The summed E-state index contributed by atoms with van der Waals surface area (Å²) in [6.45, 7) is 5.32. The molecule has 0 atom stereocenters. The maximum atomic E-state index is 13.9. The Morgan fingerprint density at radius 2 is 1.90 bits per heavy atom. The van der Waals surface area contributed by atoms with E-state index in [9.17, 15) is 9.18 Å². The Morgan fingerprint density at radius 1 is 1.25 bits per heavy atom. The molecule has 0 aliphatic rings. The maximum Gasteiger partial charge on any atom is 0.342 e. The number of carbonyl (C=O) groups excluding carboxylic acids is 1. The highest BCUT2D eigenvalue weighted by Crippen LogP contribution is 2.36. The molecule has 5 heteroatoms. The van der Waals surface area contributed by atoms with Gasteiger partial charge in [-0.05, 0) is 26.8 Å². The van der Waals surface area contributed by atoms with Crippen molar-refractivity contribution in [2.45, 2.75) is 26.4 Å². The summed E-state index contributed by atoms with van der Waals surface area (Å²) >= 11 is 1.20. The molecular formula is C15H16FNO2S. The first-order valence-electron chi connectivity index (χ1n) is 6.15. The highest BCUT2D eigenvalue weighted by atomic mass is 32.1. The highest BCUT2D eigenvalue weighted by Gasteiger charge is 2.25. The number of carbonyl (C=O) groups is 1. The van der Waals surface area contributed by atoms with Crippen LogP contribution in [0.2, 0.25) is 0 Å². The van der Waals surface area contributed by atoms with Crippen LogP contribution in [0.25, 0.3) is 11.1 Å². The SMILES string of the molecule is CC(C)(C)OC(=O)c1c(-c2ccccc2F)csc1N. The first kappa shape index (κ1) is 14.5. The molecule has 0 aliphatic carbocycles. The lowest BCUT2D eigenvalue weighted by Gasteiger charge is -2.20. The van der Waals surface area contributed by atoms with E-state index in [0.717, 1.165) is 0 Å². The number of hydrogen-bond donors (Lipinski definition) is 1. The lowest BCUT2D eigenvalue weighted by Crippen LogP contribution is -2.24. The molecule has 2 rings (SSSR count). The van der Waals surface area contributed by atoms with E-state index >= 15 is 0 Å². The minimum atomic E-state index is -0.627. The van der Waals surface area contributed by atoms with Crippen LogP contribution in [0.1, 0.15) is 31.1 Å². The number of benzene rings is 1. The molecule has 1 aromatic carbocycles. The minimum absolute atomic E-state index is 0.232. The summed E-state index contributed by atoms with van der Waals surface area (Å²) in [5.74, 6) is -0.926. The smallest absolute Gasteiger partial charge is 0.342 e. The Morgan fingerprint density at radius 3 is 2.50 bits per heavy atom. The fraction of sp³-hybridized carbons (Fsp3) is 0.267. The second-order valence-corrected chi connectivity index (χ2v) is 6.28.